The molecule has 2 aliphatic rings. The highest BCUT2D eigenvalue weighted by Crippen LogP contribution is 2.48. The Bertz CT molecular complexity index is 798. The molecule has 0 saturated carbocycles. The molecule has 1 aromatic rings. The number of amides is 1. The third kappa shape index (κ3) is 2.69. The molecule has 0 aromatic heterocycles. The molecule has 0 atom stereocenters. The van der Waals surface area contributed by atoms with Gasteiger partial charge in [-0.3, -0.25) is 4.79 Å². The highest BCUT2D eigenvalue weighted by molar-refractivity contribution is 5.91. The summed E-state index contributed by atoms with van der Waals surface area (Å²) in [5, 5.41) is 10.5. The van der Waals surface area contributed by atoms with Gasteiger partial charge in [0.05, 0.1) is 5.70 Å². The number of carbonyl (C=O) groups excluding carboxylic acids is 1. The van der Waals surface area contributed by atoms with Crippen molar-refractivity contribution in [1.29, 1.82) is 0 Å². The Morgan fingerprint density at radius 1 is 1.19 bits per heavy atom. The number of ether oxygens (including phenoxy) is 1. The van der Waals surface area contributed by atoms with Gasteiger partial charge in [0.2, 0.25) is 5.91 Å². The molecule has 2 heterocycles. The molecule has 0 radical (unpaired) electrons. The van der Waals surface area contributed by atoms with Crippen molar-refractivity contribution < 1.29 is 36.6 Å². The van der Waals surface area contributed by atoms with Gasteiger partial charge in [-0.2, -0.15) is 22.0 Å². The van der Waals surface area contributed by atoms with Crippen LogP contribution in [0.15, 0.2) is 24.0 Å². The molecule has 0 bridgehead atoms. The molecule has 1 fully saturated rings. The third-order valence-electron chi connectivity index (χ3n) is 4.46. The standard InChI is InChI=1S/C17H16F5NO3/c1-15(2)14(25)13(23-7-3-4-12(23)24)10-8-9(5-6-11(10)26-15)16(18,19)17(20,21)22/h5-6,8,25H,3-4,7H2,1-2H3. The fourth-order valence-corrected chi connectivity index (χ4v) is 3.06. The Labute approximate surface area is 145 Å². The first kappa shape index (κ1) is 18.5. The monoisotopic (exact) mass is 377 g/mol. The van der Waals surface area contributed by atoms with Gasteiger partial charge in [0.25, 0.3) is 0 Å². The van der Waals surface area contributed by atoms with Crippen molar-refractivity contribution in [2.24, 2.45) is 0 Å². The zero-order valence-electron chi connectivity index (χ0n) is 14.0. The lowest BCUT2D eigenvalue weighted by Crippen LogP contribution is -2.39. The smallest absolute Gasteiger partial charge is 0.458 e. The summed E-state index contributed by atoms with van der Waals surface area (Å²) in [4.78, 5) is 13.3. The summed E-state index contributed by atoms with van der Waals surface area (Å²) >= 11 is 0. The lowest BCUT2D eigenvalue weighted by atomic mass is 9.93. The Kier molecular flexibility index (Phi) is 3.97. The Morgan fingerprint density at radius 3 is 2.38 bits per heavy atom. The average molecular weight is 377 g/mol. The number of benzene rings is 1. The normalized spacial score (nSPS) is 20.3. The van der Waals surface area contributed by atoms with Crippen molar-refractivity contribution >= 4 is 11.6 Å². The minimum Gasteiger partial charge on any atom is -0.506 e. The van der Waals surface area contributed by atoms with E-state index < -0.39 is 29.0 Å². The van der Waals surface area contributed by atoms with E-state index in [1.54, 1.807) is 0 Å². The number of aliphatic hydroxyl groups is 1. The largest absolute Gasteiger partial charge is 0.506 e. The van der Waals surface area contributed by atoms with Crippen LogP contribution in [0.5, 0.6) is 5.75 Å². The second-order valence-electron chi connectivity index (χ2n) is 6.74. The number of hydrogen-bond acceptors (Lipinski definition) is 3. The molecule has 1 aromatic carbocycles. The van der Waals surface area contributed by atoms with Gasteiger partial charge in [0.1, 0.15) is 5.75 Å². The quantitative estimate of drug-likeness (QED) is 0.779. The summed E-state index contributed by atoms with van der Waals surface area (Å²) in [5.74, 6) is -5.80. The number of aliphatic hydroxyl groups excluding tert-OH is 1. The Balaban J connectivity index is 2.20. The van der Waals surface area contributed by atoms with Crippen molar-refractivity contribution in [2.45, 2.75) is 44.4 Å². The second-order valence-corrected chi connectivity index (χ2v) is 6.74. The molecule has 1 amide bonds. The van der Waals surface area contributed by atoms with Gasteiger partial charge in [-0.1, -0.05) is 0 Å². The molecule has 1 saturated heterocycles. The summed E-state index contributed by atoms with van der Waals surface area (Å²) in [5.41, 5.74) is -2.81. The molecule has 142 valence electrons. The van der Waals surface area contributed by atoms with E-state index in [9.17, 15) is 31.9 Å². The zero-order chi connectivity index (χ0) is 19.5. The number of carbonyl (C=O) groups is 1. The molecule has 26 heavy (non-hydrogen) atoms. The second kappa shape index (κ2) is 5.59. The maximum Gasteiger partial charge on any atom is 0.458 e. The fraction of sp³-hybridized carbons (Fsp3) is 0.471. The summed E-state index contributed by atoms with van der Waals surface area (Å²) in [7, 11) is 0. The van der Waals surface area contributed by atoms with Crippen LogP contribution in [-0.4, -0.2) is 34.2 Å². The van der Waals surface area contributed by atoms with Crippen LogP contribution in [0.4, 0.5) is 22.0 Å². The Hall–Kier alpha value is -2.32. The van der Waals surface area contributed by atoms with E-state index in [1.165, 1.54) is 18.7 Å². The van der Waals surface area contributed by atoms with E-state index in [2.05, 4.69) is 0 Å². The van der Waals surface area contributed by atoms with Crippen LogP contribution in [0.3, 0.4) is 0 Å². The van der Waals surface area contributed by atoms with E-state index in [1.807, 2.05) is 0 Å². The number of nitrogens with zero attached hydrogens (tertiary/aromatic N) is 1. The van der Waals surface area contributed by atoms with Crippen LogP contribution in [0.1, 0.15) is 37.8 Å². The summed E-state index contributed by atoms with van der Waals surface area (Å²) in [6, 6.07) is 2.25. The number of halogens is 5. The first-order valence-electron chi connectivity index (χ1n) is 7.89. The molecule has 1 N–H and O–H groups in total. The molecule has 0 aliphatic carbocycles. The maximum atomic E-state index is 13.7. The van der Waals surface area contributed by atoms with Crippen LogP contribution >= 0.6 is 0 Å². The fourth-order valence-electron chi connectivity index (χ4n) is 3.06. The van der Waals surface area contributed by atoms with Crippen LogP contribution in [0.2, 0.25) is 0 Å². The zero-order valence-corrected chi connectivity index (χ0v) is 14.0. The van der Waals surface area contributed by atoms with E-state index in [0.29, 0.717) is 18.6 Å². The molecule has 9 heteroatoms. The highest BCUT2D eigenvalue weighted by Gasteiger charge is 2.59. The van der Waals surface area contributed by atoms with Crippen LogP contribution in [0.25, 0.3) is 5.70 Å². The van der Waals surface area contributed by atoms with Crippen LogP contribution in [0, 0.1) is 0 Å². The van der Waals surface area contributed by atoms with Gasteiger partial charge < -0.3 is 14.7 Å². The molecule has 3 rings (SSSR count). The van der Waals surface area contributed by atoms with Crippen molar-refractivity contribution in [1.82, 2.24) is 4.90 Å². The van der Waals surface area contributed by atoms with E-state index in [0.717, 1.165) is 6.07 Å². The SMILES string of the molecule is CC1(C)Oc2ccc(C(F)(F)C(F)(F)F)cc2C(N2CCCC2=O)=C1O. The highest BCUT2D eigenvalue weighted by atomic mass is 19.4. The first-order chi connectivity index (χ1) is 11.9. The number of rotatable bonds is 2. The summed E-state index contributed by atoms with van der Waals surface area (Å²) < 4.78 is 71.1. The van der Waals surface area contributed by atoms with Crippen LogP contribution in [-0.2, 0) is 10.7 Å². The predicted molar refractivity (Wildman–Crippen MR) is 81.6 cm³/mol. The summed E-state index contributed by atoms with van der Waals surface area (Å²) in [6.07, 6.45) is -5.08. The number of likely N-dealkylation sites (tertiary alicyclic amines) is 1. The van der Waals surface area contributed by atoms with Crippen LogP contribution < -0.4 is 4.74 Å². The number of alkyl halides is 5. The molecule has 2 aliphatic heterocycles. The Morgan fingerprint density at radius 2 is 1.85 bits per heavy atom. The van der Waals surface area contributed by atoms with Gasteiger partial charge in [0.15, 0.2) is 11.4 Å². The lowest BCUT2D eigenvalue weighted by Gasteiger charge is -2.36. The molecule has 4 nitrogen and oxygen atoms in total. The van der Waals surface area contributed by atoms with E-state index in [4.69, 9.17) is 4.74 Å². The maximum absolute atomic E-state index is 13.7. The van der Waals surface area contributed by atoms with Crippen molar-refractivity contribution in [2.75, 3.05) is 6.54 Å². The topological polar surface area (TPSA) is 49.8 Å². The third-order valence-corrected chi connectivity index (χ3v) is 4.46. The van der Waals surface area contributed by atoms with Gasteiger partial charge in [0, 0.05) is 24.1 Å². The van der Waals surface area contributed by atoms with Gasteiger partial charge in [-0.25, -0.2) is 0 Å². The number of hydrogen-bond donors (Lipinski definition) is 1. The molecule has 0 spiro atoms. The van der Waals surface area contributed by atoms with Gasteiger partial charge >= 0.3 is 12.1 Å². The van der Waals surface area contributed by atoms with E-state index >= 15 is 0 Å². The van der Waals surface area contributed by atoms with Crippen molar-refractivity contribution in [3.8, 4) is 5.75 Å². The van der Waals surface area contributed by atoms with Gasteiger partial charge in [-0.05, 0) is 38.5 Å². The van der Waals surface area contributed by atoms with E-state index in [-0.39, 0.29) is 35.9 Å². The molecular weight excluding hydrogens is 361 g/mol. The first-order valence-corrected chi connectivity index (χ1v) is 7.89. The number of fused-ring (bicyclic) bond motifs is 1. The molecular formula is C17H16F5NO3. The predicted octanol–water partition coefficient (Wildman–Crippen LogP) is 4.36. The lowest BCUT2D eigenvalue weighted by molar-refractivity contribution is -0.289. The van der Waals surface area contributed by atoms with Gasteiger partial charge in [-0.15, -0.1) is 0 Å². The average Bonchev–Trinajstić information content (AvgIpc) is 2.92. The minimum absolute atomic E-state index is 0.0178. The minimum atomic E-state index is -5.77. The van der Waals surface area contributed by atoms with Crippen molar-refractivity contribution in [3.63, 3.8) is 0 Å². The van der Waals surface area contributed by atoms with Crippen molar-refractivity contribution in [3.05, 3.63) is 35.1 Å². The molecule has 0 unspecified atom stereocenters. The summed E-state index contributed by atoms with van der Waals surface area (Å²) in [6.45, 7) is 3.24.